The van der Waals surface area contributed by atoms with Crippen molar-refractivity contribution in [2.75, 3.05) is 13.2 Å². The number of nitrogens with zero attached hydrogens (tertiary/aromatic N) is 1. The molecule has 8 nitrogen and oxygen atoms in total. The van der Waals surface area contributed by atoms with E-state index in [0.29, 0.717) is 5.76 Å². The molecule has 8 heteroatoms. The third kappa shape index (κ3) is 4.06. The number of carbonyl (C=O) groups is 3. The highest BCUT2D eigenvalue weighted by molar-refractivity contribution is 6.04. The number of nitrogens with one attached hydrogen (secondary N) is 2. The van der Waals surface area contributed by atoms with E-state index in [0.717, 1.165) is 0 Å². The molecule has 1 atom stereocenters. The number of aliphatic hydroxyl groups excluding tert-OH is 1. The van der Waals surface area contributed by atoms with E-state index in [1.807, 2.05) is 0 Å². The summed E-state index contributed by atoms with van der Waals surface area (Å²) in [6.45, 7) is 0.283. The van der Waals surface area contributed by atoms with Crippen molar-refractivity contribution in [2.24, 2.45) is 0 Å². The van der Waals surface area contributed by atoms with Crippen molar-refractivity contribution in [1.82, 2.24) is 15.5 Å². The Labute approximate surface area is 121 Å². The quantitative estimate of drug-likeness (QED) is 0.592. The molecule has 114 valence electrons. The third-order valence-electron chi connectivity index (χ3n) is 3.15. The van der Waals surface area contributed by atoms with Crippen LogP contribution in [0.4, 0.5) is 4.79 Å². The van der Waals surface area contributed by atoms with E-state index in [2.05, 4.69) is 10.6 Å². The number of urea groups is 1. The van der Waals surface area contributed by atoms with Crippen LogP contribution in [0.5, 0.6) is 0 Å². The average Bonchev–Trinajstić information content (AvgIpc) is 3.05. The van der Waals surface area contributed by atoms with Gasteiger partial charge in [0.25, 0.3) is 5.91 Å². The Morgan fingerprint density at radius 2 is 2.24 bits per heavy atom. The molecule has 1 aliphatic heterocycles. The van der Waals surface area contributed by atoms with E-state index >= 15 is 0 Å². The van der Waals surface area contributed by atoms with E-state index in [4.69, 9.17) is 9.52 Å². The highest BCUT2D eigenvalue weighted by atomic mass is 16.3. The van der Waals surface area contributed by atoms with Gasteiger partial charge >= 0.3 is 6.03 Å². The maximum absolute atomic E-state index is 12.1. The Morgan fingerprint density at radius 3 is 2.81 bits per heavy atom. The minimum atomic E-state index is -0.680. The standard InChI is InChI=1S/C13H17N3O5/c17-6-5-16(8-9-2-1-7-21-9)11(18)4-3-10-12(19)15-13(20)14-10/h1-2,7,10,17H,3-6,8H2,(H2,14,15,19,20)/t10-/m0/s1. The van der Waals surface area contributed by atoms with E-state index in [9.17, 15) is 14.4 Å². The van der Waals surface area contributed by atoms with Crippen LogP contribution in [0, 0.1) is 0 Å². The van der Waals surface area contributed by atoms with E-state index in [1.165, 1.54) is 11.2 Å². The lowest BCUT2D eigenvalue weighted by Crippen LogP contribution is -2.35. The van der Waals surface area contributed by atoms with Gasteiger partial charge in [0.1, 0.15) is 11.8 Å². The highest BCUT2D eigenvalue weighted by Gasteiger charge is 2.30. The van der Waals surface area contributed by atoms with Crippen LogP contribution >= 0.6 is 0 Å². The molecule has 0 saturated carbocycles. The minimum absolute atomic E-state index is 0.0963. The number of aliphatic hydroxyl groups is 1. The van der Waals surface area contributed by atoms with Crippen molar-refractivity contribution in [1.29, 1.82) is 0 Å². The van der Waals surface area contributed by atoms with Gasteiger partial charge in [-0.3, -0.25) is 14.9 Å². The van der Waals surface area contributed by atoms with E-state index in [1.54, 1.807) is 12.1 Å². The number of amides is 4. The van der Waals surface area contributed by atoms with Gasteiger partial charge in [0.2, 0.25) is 5.91 Å². The van der Waals surface area contributed by atoms with Crippen LogP contribution in [0.25, 0.3) is 0 Å². The molecule has 1 saturated heterocycles. The number of carbonyl (C=O) groups excluding carboxylic acids is 3. The normalized spacial score (nSPS) is 17.5. The molecule has 21 heavy (non-hydrogen) atoms. The second kappa shape index (κ2) is 6.89. The van der Waals surface area contributed by atoms with Gasteiger partial charge < -0.3 is 19.7 Å². The van der Waals surface area contributed by atoms with Crippen LogP contribution in [0.3, 0.4) is 0 Å². The van der Waals surface area contributed by atoms with E-state index < -0.39 is 18.0 Å². The molecule has 1 aromatic heterocycles. The molecule has 2 heterocycles. The Bertz CT molecular complexity index is 514. The van der Waals surface area contributed by atoms with Crippen LogP contribution in [0.2, 0.25) is 0 Å². The lowest BCUT2D eigenvalue weighted by molar-refractivity contribution is -0.133. The zero-order chi connectivity index (χ0) is 15.2. The number of furan rings is 1. The van der Waals surface area contributed by atoms with Crippen LogP contribution in [0.1, 0.15) is 18.6 Å². The first-order chi connectivity index (χ1) is 10.1. The number of imide groups is 1. The molecular formula is C13H17N3O5. The molecule has 1 aromatic rings. The molecule has 1 fully saturated rings. The second-order valence-electron chi connectivity index (χ2n) is 4.67. The summed E-state index contributed by atoms with van der Waals surface area (Å²) in [6.07, 6.45) is 1.82. The van der Waals surface area contributed by atoms with Gasteiger partial charge in [-0.15, -0.1) is 0 Å². The molecule has 0 bridgehead atoms. The fraction of sp³-hybridized carbons (Fsp3) is 0.462. The predicted molar refractivity (Wildman–Crippen MR) is 70.9 cm³/mol. The van der Waals surface area contributed by atoms with Crippen molar-refractivity contribution in [2.45, 2.75) is 25.4 Å². The maximum Gasteiger partial charge on any atom is 0.322 e. The molecule has 4 amide bonds. The molecule has 0 aromatic carbocycles. The Hall–Kier alpha value is -2.35. The highest BCUT2D eigenvalue weighted by Crippen LogP contribution is 2.10. The summed E-state index contributed by atoms with van der Waals surface area (Å²) in [5, 5.41) is 13.6. The summed E-state index contributed by atoms with van der Waals surface area (Å²) in [4.78, 5) is 35.9. The molecule has 3 N–H and O–H groups in total. The fourth-order valence-electron chi connectivity index (χ4n) is 2.09. The summed E-state index contributed by atoms with van der Waals surface area (Å²) >= 11 is 0. The third-order valence-corrected chi connectivity index (χ3v) is 3.15. The summed E-state index contributed by atoms with van der Waals surface area (Å²) in [5.41, 5.74) is 0. The van der Waals surface area contributed by atoms with Gasteiger partial charge in [-0.1, -0.05) is 0 Å². The Balaban J connectivity index is 1.86. The first kappa shape index (κ1) is 15.0. The van der Waals surface area contributed by atoms with Crippen molar-refractivity contribution >= 4 is 17.8 Å². The molecule has 0 spiro atoms. The first-order valence-corrected chi connectivity index (χ1v) is 6.62. The number of hydrogen-bond acceptors (Lipinski definition) is 5. The van der Waals surface area contributed by atoms with Crippen LogP contribution in [-0.2, 0) is 16.1 Å². The molecule has 0 radical (unpaired) electrons. The Morgan fingerprint density at radius 1 is 1.43 bits per heavy atom. The SMILES string of the molecule is O=C1NC(=O)[C@H](CCC(=O)N(CCO)Cc2ccco2)N1. The monoisotopic (exact) mass is 295 g/mol. The fourth-order valence-corrected chi connectivity index (χ4v) is 2.09. The maximum atomic E-state index is 12.1. The largest absolute Gasteiger partial charge is 0.467 e. The van der Waals surface area contributed by atoms with Gasteiger partial charge in [0.15, 0.2) is 0 Å². The van der Waals surface area contributed by atoms with Crippen molar-refractivity contribution in [3.8, 4) is 0 Å². The zero-order valence-electron chi connectivity index (χ0n) is 11.4. The first-order valence-electron chi connectivity index (χ1n) is 6.62. The average molecular weight is 295 g/mol. The van der Waals surface area contributed by atoms with Gasteiger partial charge in [0.05, 0.1) is 19.4 Å². The van der Waals surface area contributed by atoms with E-state index in [-0.39, 0.29) is 38.4 Å². The van der Waals surface area contributed by atoms with Crippen molar-refractivity contribution in [3.63, 3.8) is 0 Å². The smallest absolute Gasteiger partial charge is 0.322 e. The molecular weight excluding hydrogens is 278 g/mol. The minimum Gasteiger partial charge on any atom is -0.467 e. The summed E-state index contributed by atoms with van der Waals surface area (Å²) in [7, 11) is 0. The summed E-state index contributed by atoms with van der Waals surface area (Å²) < 4.78 is 5.17. The zero-order valence-corrected chi connectivity index (χ0v) is 11.4. The van der Waals surface area contributed by atoms with Gasteiger partial charge in [-0.25, -0.2) is 4.79 Å². The van der Waals surface area contributed by atoms with Crippen LogP contribution < -0.4 is 10.6 Å². The molecule has 0 aliphatic carbocycles. The van der Waals surface area contributed by atoms with Gasteiger partial charge in [0, 0.05) is 13.0 Å². The van der Waals surface area contributed by atoms with Gasteiger partial charge in [-0.2, -0.15) is 0 Å². The van der Waals surface area contributed by atoms with Crippen molar-refractivity contribution in [3.05, 3.63) is 24.2 Å². The van der Waals surface area contributed by atoms with Gasteiger partial charge in [-0.05, 0) is 18.6 Å². The van der Waals surface area contributed by atoms with Crippen LogP contribution in [0.15, 0.2) is 22.8 Å². The topological polar surface area (TPSA) is 112 Å². The molecule has 0 unspecified atom stereocenters. The lowest BCUT2D eigenvalue weighted by Gasteiger charge is -2.21. The summed E-state index contributed by atoms with van der Waals surface area (Å²) in [5.74, 6) is -0.0225. The lowest BCUT2D eigenvalue weighted by atomic mass is 10.1. The predicted octanol–water partition coefficient (Wildman–Crippen LogP) is -0.411. The molecule has 1 aliphatic rings. The van der Waals surface area contributed by atoms with Crippen molar-refractivity contribution < 1.29 is 23.9 Å². The number of rotatable bonds is 7. The summed E-state index contributed by atoms with van der Waals surface area (Å²) in [6, 6.07) is 2.23. The second-order valence-corrected chi connectivity index (χ2v) is 4.67. The van der Waals surface area contributed by atoms with Crippen LogP contribution in [-0.4, -0.2) is 47.0 Å². The Kier molecular flexibility index (Phi) is 4.94. The number of hydrogen-bond donors (Lipinski definition) is 3. The molecule has 2 rings (SSSR count).